The Morgan fingerprint density at radius 1 is 0.794 bits per heavy atom. The van der Waals surface area contributed by atoms with Crippen molar-refractivity contribution in [3.05, 3.63) is 49.8 Å². The SMILES string of the molecule is C=CCOP(=O)(OCC=C)O[C@H]1[C@H](OCC[C@@H](CCCCCCCCCCC)OCCCCCC/C=C\CCCCCC)[C@@H](NC(=O)OCC(Cl)(Cl)Cl)[C@@H](OC=CC)O[C@@H]1COC. The van der Waals surface area contributed by atoms with Crippen molar-refractivity contribution < 1.29 is 51.4 Å². The molecule has 63 heavy (non-hydrogen) atoms. The molecule has 1 rings (SSSR count). The van der Waals surface area contributed by atoms with Crippen molar-refractivity contribution in [1.29, 1.82) is 0 Å². The summed E-state index contributed by atoms with van der Waals surface area (Å²) in [6, 6.07) is -1.11. The number of nitrogens with one attached hydrogen (secondary N) is 1. The summed E-state index contributed by atoms with van der Waals surface area (Å²) in [6.07, 6.45) is 29.5. The van der Waals surface area contributed by atoms with Crippen LogP contribution < -0.4 is 5.32 Å². The number of phosphoric ester groups is 1. The largest absolute Gasteiger partial charge is 0.475 e. The van der Waals surface area contributed by atoms with Gasteiger partial charge in [-0.05, 0) is 51.9 Å². The van der Waals surface area contributed by atoms with Crippen LogP contribution in [0.15, 0.2) is 49.8 Å². The highest BCUT2D eigenvalue weighted by Crippen LogP contribution is 2.52. The lowest BCUT2D eigenvalue weighted by molar-refractivity contribution is -0.262. The number of carbonyl (C=O) groups excluding carboxylic acids is 1. The lowest BCUT2D eigenvalue weighted by Gasteiger charge is -2.45. The molecular formula is C47H83Cl3NO11P. The van der Waals surface area contributed by atoms with Crippen molar-refractivity contribution in [3.8, 4) is 0 Å². The van der Waals surface area contributed by atoms with Crippen molar-refractivity contribution in [2.45, 2.75) is 196 Å². The van der Waals surface area contributed by atoms with Crippen molar-refractivity contribution in [2.24, 2.45) is 0 Å². The fraction of sp³-hybridized carbons (Fsp3) is 0.809. The quantitative estimate of drug-likeness (QED) is 0.0207. The van der Waals surface area contributed by atoms with Gasteiger partial charge in [0.2, 0.25) is 10.1 Å². The van der Waals surface area contributed by atoms with Crippen LogP contribution in [0.3, 0.4) is 0 Å². The van der Waals surface area contributed by atoms with Crippen LogP contribution in [0.4, 0.5) is 4.79 Å². The minimum atomic E-state index is -4.32. The van der Waals surface area contributed by atoms with Gasteiger partial charge < -0.3 is 33.7 Å². The first kappa shape index (κ1) is 59.9. The second-order valence-electron chi connectivity index (χ2n) is 15.9. The molecule has 1 heterocycles. The molecule has 0 aliphatic carbocycles. The Balaban J connectivity index is 3.26. The number of allylic oxidation sites excluding steroid dienone is 3. The molecule has 0 unspecified atom stereocenters. The summed E-state index contributed by atoms with van der Waals surface area (Å²) in [6.45, 7) is 13.5. The highest BCUT2D eigenvalue weighted by atomic mass is 35.6. The standard InChI is InChI=1S/C47H83Cl3NO11P/c1-7-12-14-16-18-20-21-22-24-26-28-30-36-55-40(31-29-27-25-23-19-17-15-13-8-2)32-37-56-44-42(51-46(52)58-39-47(48,49)50)45(57-33-9-3)61-41(38-54-6)43(44)62-63(53,59-34-10-4)60-35-11-5/h9-11,20-21,33,40-45H,4-5,7-8,12-19,22-32,34-39H2,1-3,6H3,(H,51,52)/b21-20-,33-9?/t40-,41-,42-,43-,44-,45+/m1/s1. The van der Waals surface area contributed by atoms with Gasteiger partial charge in [-0.2, -0.15) is 0 Å². The minimum absolute atomic E-state index is 0.0345. The van der Waals surface area contributed by atoms with Gasteiger partial charge in [0.15, 0.2) is 0 Å². The number of halogens is 3. The molecule has 1 aliphatic rings. The first-order valence-corrected chi connectivity index (χ1v) is 26.1. The molecular weight excluding hydrogens is 892 g/mol. The zero-order valence-corrected chi connectivity index (χ0v) is 42.2. The van der Waals surface area contributed by atoms with Crippen LogP contribution in [0.2, 0.25) is 0 Å². The van der Waals surface area contributed by atoms with E-state index in [9.17, 15) is 9.36 Å². The predicted molar refractivity (Wildman–Crippen MR) is 257 cm³/mol. The van der Waals surface area contributed by atoms with Gasteiger partial charge in [-0.1, -0.05) is 169 Å². The minimum Gasteiger partial charge on any atom is -0.471 e. The number of unbranched alkanes of at least 4 members (excludes halogenated alkanes) is 16. The summed E-state index contributed by atoms with van der Waals surface area (Å²) in [5.74, 6) is 0. The van der Waals surface area contributed by atoms with E-state index >= 15 is 0 Å². The number of amides is 1. The first-order chi connectivity index (χ1) is 30.5. The Kier molecular flexibility index (Phi) is 37.0. The van der Waals surface area contributed by atoms with Gasteiger partial charge in [-0.25, -0.2) is 9.36 Å². The molecule has 0 aromatic carbocycles. The van der Waals surface area contributed by atoms with Gasteiger partial charge in [-0.3, -0.25) is 13.6 Å². The number of carbonyl (C=O) groups is 1. The van der Waals surface area contributed by atoms with Gasteiger partial charge in [0.1, 0.15) is 31.0 Å². The van der Waals surface area contributed by atoms with Crippen LogP contribution in [-0.2, 0) is 46.6 Å². The number of methoxy groups -OCH3 is 1. The monoisotopic (exact) mass is 973 g/mol. The molecule has 1 saturated heterocycles. The third-order valence-corrected chi connectivity index (χ3v) is 12.1. The summed E-state index contributed by atoms with van der Waals surface area (Å²) >= 11 is 17.7. The molecule has 1 amide bonds. The van der Waals surface area contributed by atoms with E-state index in [1.165, 1.54) is 109 Å². The summed E-state index contributed by atoms with van der Waals surface area (Å²) in [7, 11) is -2.83. The second-order valence-corrected chi connectivity index (χ2v) is 20.0. The van der Waals surface area contributed by atoms with E-state index in [-0.39, 0.29) is 32.5 Å². The lowest BCUT2D eigenvalue weighted by Crippen LogP contribution is -2.66. The molecule has 0 spiro atoms. The maximum Gasteiger partial charge on any atom is 0.475 e. The maximum absolute atomic E-state index is 14.1. The fourth-order valence-electron chi connectivity index (χ4n) is 7.03. The average Bonchev–Trinajstić information content (AvgIpc) is 3.25. The number of rotatable bonds is 41. The predicted octanol–water partition coefficient (Wildman–Crippen LogP) is 13.8. The van der Waals surface area contributed by atoms with E-state index in [0.717, 1.165) is 44.9 Å². The molecule has 6 atom stereocenters. The van der Waals surface area contributed by atoms with Gasteiger partial charge in [0, 0.05) is 20.3 Å². The highest BCUT2D eigenvalue weighted by molar-refractivity contribution is 7.48. The van der Waals surface area contributed by atoms with Crippen molar-refractivity contribution in [3.63, 3.8) is 0 Å². The molecule has 1 fully saturated rings. The normalized spacial score (nSPS) is 20.0. The number of hydrogen-bond donors (Lipinski definition) is 1. The molecule has 1 N–H and O–H groups in total. The molecule has 16 heteroatoms. The van der Waals surface area contributed by atoms with E-state index in [1.54, 1.807) is 13.0 Å². The Morgan fingerprint density at radius 2 is 1.37 bits per heavy atom. The Labute approximate surface area is 396 Å². The number of ether oxygens (including phenoxy) is 6. The maximum atomic E-state index is 14.1. The van der Waals surface area contributed by atoms with Crippen LogP contribution in [0, 0.1) is 0 Å². The zero-order chi connectivity index (χ0) is 46.4. The number of hydrogen-bond acceptors (Lipinski definition) is 11. The number of alkyl halides is 3. The van der Waals surface area contributed by atoms with Crippen molar-refractivity contribution in [2.75, 3.05) is 46.8 Å². The van der Waals surface area contributed by atoms with Crippen LogP contribution in [0.5, 0.6) is 0 Å². The number of alkyl carbamates (subject to hydrolysis) is 1. The smallest absolute Gasteiger partial charge is 0.471 e. The Hall–Kier alpha value is -1.15. The molecule has 0 radical (unpaired) electrons. The van der Waals surface area contributed by atoms with E-state index in [4.69, 9.17) is 76.8 Å². The topological polar surface area (TPSA) is 129 Å². The van der Waals surface area contributed by atoms with Crippen LogP contribution in [0.25, 0.3) is 0 Å². The molecule has 0 bridgehead atoms. The van der Waals surface area contributed by atoms with E-state index < -0.39 is 55.0 Å². The summed E-state index contributed by atoms with van der Waals surface area (Å²) < 4.78 is 65.8. The molecule has 0 aromatic heterocycles. The number of phosphoric acid groups is 1. The van der Waals surface area contributed by atoms with Crippen molar-refractivity contribution >= 4 is 48.7 Å². The van der Waals surface area contributed by atoms with Gasteiger partial charge in [-0.15, -0.1) is 13.2 Å². The molecule has 12 nitrogen and oxygen atoms in total. The van der Waals surface area contributed by atoms with Crippen molar-refractivity contribution in [1.82, 2.24) is 5.32 Å². The van der Waals surface area contributed by atoms with Gasteiger partial charge >= 0.3 is 13.9 Å². The van der Waals surface area contributed by atoms with E-state index in [0.29, 0.717) is 13.0 Å². The van der Waals surface area contributed by atoms with Gasteiger partial charge in [0.05, 0.1) is 32.2 Å². The third kappa shape index (κ3) is 30.7. The molecule has 0 saturated carbocycles. The van der Waals surface area contributed by atoms with Crippen LogP contribution >= 0.6 is 42.6 Å². The lowest BCUT2D eigenvalue weighted by atomic mass is 9.96. The van der Waals surface area contributed by atoms with E-state index in [1.807, 2.05) is 0 Å². The van der Waals surface area contributed by atoms with Gasteiger partial charge in [0.25, 0.3) is 0 Å². The highest BCUT2D eigenvalue weighted by Gasteiger charge is 2.52. The Bertz CT molecular complexity index is 1240. The second kappa shape index (κ2) is 38.9. The molecule has 368 valence electrons. The summed E-state index contributed by atoms with van der Waals surface area (Å²) in [5, 5.41) is 2.75. The Morgan fingerprint density at radius 3 is 1.94 bits per heavy atom. The zero-order valence-electron chi connectivity index (χ0n) is 39.0. The molecule has 1 aliphatic heterocycles. The fourth-order valence-corrected chi connectivity index (χ4v) is 8.52. The average molecular weight is 976 g/mol. The molecule has 0 aromatic rings. The van der Waals surface area contributed by atoms with Crippen LogP contribution in [0.1, 0.15) is 156 Å². The summed E-state index contributed by atoms with van der Waals surface area (Å²) in [4.78, 5) is 13.2. The third-order valence-electron chi connectivity index (χ3n) is 10.3. The summed E-state index contributed by atoms with van der Waals surface area (Å²) in [5.41, 5.74) is 0. The van der Waals surface area contributed by atoms with E-state index in [2.05, 4.69) is 44.5 Å². The van der Waals surface area contributed by atoms with Crippen LogP contribution in [-0.4, -0.2) is 93.4 Å². The first-order valence-electron chi connectivity index (χ1n) is 23.6.